The molecule has 1 atom stereocenters. The average molecular weight is 272 g/mol. The highest BCUT2D eigenvalue weighted by molar-refractivity contribution is 5.83. The van der Waals surface area contributed by atoms with E-state index in [2.05, 4.69) is 15.4 Å². The van der Waals surface area contributed by atoms with Crippen LogP contribution in [-0.4, -0.2) is 51.8 Å². The summed E-state index contributed by atoms with van der Waals surface area (Å²) in [7, 11) is 3.02. The molecule has 1 rings (SSSR count). The maximum absolute atomic E-state index is 11.5. The van der Waals surface area contributed by atoms with Crippen molar-refractivity contribution in [3.05, 3.63) is 0 Å². The van der Waals surface area contributed by atoms with Gasteiger partial charge in [-0.05, 0) is 24.7 Å². The Labute approximate surface area is 114 Å². The van der Waals surface area contributed by atoms with Crippen LogP contribution in [0.25, 0.3) is 0 Å². The molecule has 6 nitrogen and oxygen atoms in total. The van der Waals surface area contributed by atoms with E-state index in [9.17, 15) is 9.59 Å². The number of esters is 1. The first kappa shape index (κ1) is 15.9. The number of amides is 1. The highest BCUT2D eigenvalue weighted by Gasteiger charge is 2.41. The summed E-state index contributed by atoms with van der Waals surface area (Å²) in [6, 6.07) is -0.624. The van der Waals surface area contributed by atoms with Gasteiger partial charge in [0.1, 0.15) is 6.04 Å². The topological polar surface area (TPSA) is 76.7 Å². The lowest BCUT2D eigenvalue weighted by Crippen LogP contribution is -2.48. The molecule has 0 heterocycles. The molecular formula is C13H24N2O4. The van der Waals surface area contributed by atoms with Crippen LogP contribution in [0.5, 0.6) is 0 Å². The maximum Gasteiger partial charge on any atom is 0.329 e. The van der Waals surface area contributed by atoms with E-state index in [1.165, 1.54) is 26.9 Å². The number of hydrogen-bond acceptors (Lipinski definition) is 5. The van der Waals surface area contributed by atoms with Gasteiger partial charge in [-0.15, -0.1) is 0 Å². The summed E-state index contributed by atoms with van der Waals surface area (Å²) >= 11 is 0. The zero-order valence-electron chi connectivity index (χ0n) is 12.0. The van der Waals surface area contributed by atoms with E-state index in [1.807, 2.05) is 0 Å². The third kappa shape index (κ3) is 5.57. The Morgan fingerprint density at radius 3 is 2.47 bits per heavy atom. The second kappa shape index (κ2) is 7.45. The molecule has 0 radical (unpaired) electrons. The second-order valence-electron chi connectivity index (χ2n) is 5.15. The number of carbonyl (C=O) groups excluding carboxylic acids is 2. The van der Waals surface area contributed by atoms with E-state index in [0.29, 0.717) is 12.0 Å². The number of nitrogens with one attached hydrogen (secondary N) is 2. The van der Waals surface area contributed by atoms with E-state index < -0.39 is 12.0 Å². The van der Waals surface area contributed by atoms with Gasteiger partial charge in [0, 0.05) is 33.7 Å². The van der Waals surface area contributed by atoms with Gasteiger partial charge in [-0.1, -0.05) is 0 Å². The molecule has 1 amide bonds. The van der Waals surface area contributed by atoms with Crippen LogP contribution in [0.1, 0.15) is 26.2 Å². The largest absolute Gasteiger partial charge is 0.467 e. The summed E-state index contributed by atoms with van der Waals surface area (Å²) in [4.78, 5) is 22.5. The van der Waals surface area contributed by atoms with Crippen LogP contribution in [0.4, 0.5) is 0 Å². The molecule has 1 saturated carbocycles. The fraction of sp³-hybridized carbons (Fsp3) is 0.846. The molecule has 19 heavy (non-hydrogen) atoms. The SMILES string of the molecule is COCCC1(CNCC(NC(C)=O)C(=O)OC)CC1. The molecule has 110 valence electrons. The Balaban J connectivity index is 2.31. The lowest BCUT2D eigenvalue weighted by atomic mass is 10.0. The van der Waals surface area contributed by atoms with Crippen LogP contribution in [0, 0.1) is 5.41 Å². The highest BCUT2D eigenvalue weighted by atomic mass is 16.5. The van der Waals surface area contributed by atoms with Crippen LogP contribution in [0.2, 0.25) is 0 Å². The summed E-state index contributed by atoms with van der Waals surface area (Å²) in [5.74, 6) is -0.665. The molecular weight excluding hydrogens is 248 g/mol. The molecule has 1 aliphatic carbocycles. The van der Waals surface area contributed by atoms with E-state index in [1.54, 1.807) is 7.11 Å². The minimum absolute atomic E-state index is 0.238. The van der Waals surface area contributed by atoms with Crippen molar-refractivity contribution in [1.29, 1.82) is 0 Å². The number of methoxy groups -OCH3 is 2. The lowest BCUT2D eigenvalue weighted by molar-refractivity contribution is -0.144. The smallest absolute Gasteiger partial charge is 0.329 e. The first-order chi connectivity index (χ1) is 9.03. The zero-order chi connectivity index (χ0) is 14.3. The zero-order valence-corrected chi connectivity index (χ0v) is 12.0. The third-order valence-corrected chi connectivity index (χ3v) is 3.51. The van der Waals surface area contributed by atoms with E-state index in [0.717, 1.165) is 19.6 Å². The van der Waals surface area contributed by atoms with Crippen molar-refractivity contribution in [2.45, 2.75) is 32.2 Å². The summed E-state index contributed by atoms with van der Waals surface area (Å²) in [6.45, 7) is 3.37. The quantitative estimate of drug-likeness (QED) is 0.581. The molecule has 0 bridgehead atoms. The molecule has 0 saturated heterocycles. The minimum atomic E-state index is -0.624. The van der Waals surface area contributed by atoms with Crippen molar-refractivity contribution in [2.24, 2.45) is 5.41 Å². The van der Waals surface area contributed by atoms with Crippen molar-refractivity contribution in [3.63, 3.8) is 0 Å². The van der Waals surface area contributed by atoms with Gasteiger partial charge in [-0.2, -0.15) is 0 Å². The Morgan fingerprint density at radius 2 is 2.00 bits per heavy atom. The normalized spacial score (nSPS) is 17.6. The van der Waals surface area contributed by atoms with Gasteiger partial charge in [-0.3, -0.25) is 4.79 Å². The van der Waals surface area contributed by atoms with Crippen molar-refractivity contribution in [1.82, 2.24) is 10.6 Å². The van der Waals surface area contributed by atoms with E-state index in [-0.39, 0.29) is 5.91 Å². The molecule has 0 aromatic heterocycles. The molecule has 0 aromatic carbocycles. The van der Waals surface area contributed by atoms with Gasteiger partial charge in [0.25, 0.3) is 0 Å². The highest BCUT2D eigenvalue weighted by Crippen LogP contribution is 2.48. The molecule has 0 aliphatic heterocycles. The second-order valence-corrected chi connectivity index (χ2v) is 5.15. The van der Waals surface area contributed by atoms with Gasteiger partial charge >= 0.3 is 5.97 Å². The molecule has 1 unspecified atom stereocenters. The monoisotopic (exact) mass is 272 g/mol. The van der Waals surface area contributed by atoms with Crippen LogP contribution < -0.4 is 10.6 Å². The maximum atomic E-state index is 11.5. The summed E-state index contributed by atoms with van der Waals surface area (Å²) < 4.78 is 9.76. The summed E-state index contributed by atoms with van der Waals surface area (Å²) in [6.07, 6.45) is 3.40. The molecule has 1 aliphatic rings. The fourth-order valence-electron chi connectivity index (χ4n) is 2.07. The van der Waals surface area contributed by atoms with Crippen LogP contribution in [0.15, 0.2) is 0 Å². The standard InChI is InChI=1S/C13H24N2O4/c1-10(16)15-11(12(17)19-3)8-14-9-13(4-5-13)6-7-18-2/h11,14H,4-9H2,1-3H3,(H,15,16). The fourth-order valence-corrected chi connectivity index (χ4v) is 2.07. The van der Waals surface area contributed by atoms with Crippen molar-refractivity contribution in [2.75, 3.05) is 33.9 Å². The summed E-state index contributed by atoms with van der Waals surface area (Å²) in [5, 5.41) is 5.83. The van der Waals surface area contributed by atoms with Gasteiger partial charge in [0.15, 0.2) is 0 Å². The number of hydrogen-bond donors (Lipinski definition) is 2. The van der Waals surface area contributed by atoms with Gasteiger partial charge in [0.2, 0.25) is 5.91 Å². The molecule has 0 spiro atoms. The van der Waals surface area contributed by atoms with E-state index in [4.69, 9.17) is 4.74 Å². The predicted octanol–water partition coefficient (Wildman–Crippen LogP) is 0.0704. The first-order valence-electron chi connectivity index (χ1n) is 6.57. The number of ether oxygens (including phenoxy) is 2. The van der Waals surface area contributed by atoms with Crippen molar-refractivity contribution >= 4 is 11.9 Å². The Kier molecular flexibility index (Phi) is 6.24. The minimum Gasteiger partial charge on any atom is -0.467 e. The van der Waals surface area contributed by atoms with Crippen LogP contribution >= 0.6 is 0 Å². The Bertz CT molecular complexity index is 316. The van der Waals surface area contributed by atoms with Crippen LogP contribution in [0.3, 0.4) is 0 Å². The Hall–Kier alpha value is -1.14. The predicted molar refractivity (Wildman–Crippen MR) is 70.7 cm³/mol. The molecule has 6 heteroatoms. The molecule has 2 N–H and O–H groups in total. The molecule has 1 fully saturated rings. The van der Waals surface area contributed by atoms with E-state index >= 15 is 0 Å². The number of carbonyl (C=O) groups is 2. The summed E-state index contributed by atoms with van der Waals surface area (Å²) in [5.41, 5.74) is 0.312. The average Bonchev–Trinajstić information content (AvgIpc) is 3.14. The van der Waals surface area contributed by atoms with Gasteiger partial charge in [-0.25, -0.2) is 4.79 Å². The first-order valence-corrected chi connectivity index (χ1v) is 6.57. The third-order valence-electron chi connectivity index (χ3n) is 3.51. The van der Waals surface area contributed by atoms with Crippen molar-refractivity contribution < 1.29 is 19.1 Å². The van der Waals surface area contributed by atoms with Gasteiger partial charge in [0.05, 0.1) is 7.11 Å². The number of rotatable bonds is 9. The van der Waals surface area contributed by atoms with Gasteiger partial charge < -0.3 is 20.1 Å². The molecule has 0 aromatic rings. The Morgan fingerprint density at radius 1 is 1.32 bits per heavy atom. The van der Waals surface area contributed by atoms with Crippen molar-refractivity contribution in [3.8, 4) is 0 Å². The van der Waals surface area contributed by atoms with Crippen LogP contribution in [-0.2, 0) is 19.1 Å². The lowest BCUT2D eigenvalue weighted by Gasteiger charge is -2.19.